The van der Waals surface area contributed by atoms with Crippen LogP contribution in [0.2, 0.25) is 5.02 Å². The van der Waals surface area contributed by atoms with Crippen molar-refractivity contribution in [3.63, 3.8) is 0 Å². The fourth-order valence-electron chi connectivity index (χ4n) is 2.78. The Hall–Kier alpha value is -2.05. The molecular formula is C17H20ClN3O3. The normalized spacial score (nSPS) is 15.2. The average molecular weight is 350 g/mol. The fraction of sp³-hybridized carbons (Fsp3) is 0.412. The number of nitrogens with one attached hydrogen (secondary N) is 1. The minimum Gasteiger partial charge on any atom is -0.496 e. The Morgan fingerprint density at radius 3 is 3.00 bits per heavy atom. The predicted molar refractivity (Wildman–Crippen MR) is 91.7 cm³/mol. The summed E-state index contributed by atoms with van der Waals surface area (Å²) in [5.74, 6) is 0.765. The van der Waals surface area contributed by atoms with Crippen LogP contribution in [-0.2, 0) is 11.3 Å². The molecule has 1 N–H and O–H groups in total. The summed E-state index contributed by atoms with van der Waals surface area (Å²) in [6.07, 6.45) is 5.57. The first kappa shape index (κ1) is 16.8. The van der Waals surface area contributed by atoms with Gasteiger partial charge in [-0.25, -0.2) is 0 Å². The molecule has 1 aliphatic heterocycles. The van der Waals surface area contributed by atoms with Crippen molar-refractivity contribution in [1.82, 2.24) is 9.78 Å². The molecule has 7 heteroatoms. The van der Waals surface area contributed by atoms with Crippen LogP contribution in [0, 0.1) is 5.92 Å². The monoisotopic (exact) mass is 349 g/mol. The van der Waals surface area contributed by atoms with Gasteiger partial charge in [-0.3, -0.25) is 9.48 Å². The van der Waals surface area contributed by atoms with Crippen molar-refractivity contribution >= 4 is 23.2 Å². The van der Waals surface area contributed by atoms with Crippen molar-refractivity contribution < 1.29 is 14.3 Å². The maximum Gasteiger partial charge on any atom is 0.259 e. The van der Waals surface area contributed by atoms with Crippen LogP contribution in [0.3, 0.4) is 0 Å². The van der Waals surface area contributed by atoms with Crippen molar-refractivity contribution in [1.29, 1.82) is 0 Å². The van der Waals surface area contributed by atoms with E-state index in [0.717, 1.165) is 32.6 Å². The summed E-state index contributed by atoms with van der Waals surface area (Å²) in [5.41, 5.74) is 1.04. The molecule has 0 aliphatic carbocycles. The minimum atomic E-state index is -0.278. The van der Waals surface area contributed by atoms with E-state index in [2.05, 4.69) is 10.4 Å². The van der Waals surface area contributed by atoms with Gasteiger partial charge in [-0.1, -0.05) is 11.6 Å². The van der Waals surface area contributed by atoms with Crippen LogP contribution in [-0.4, -0.2) is 36.0 Å². The largest absolute Gasteiger partial charge is 0.496 e. The third-order valence-corrected chi connectivity index (χ3v) is 4.32. The van der Waals surface area contributed by atoms with Crippen molar-refractivity contribution in [2.75, 3.05) is 25.6 Å². The van der Waals surface area contributed by atoms with E-state index < -0.39 is 0 Å². The van der Waals surface area contributed by atoms with E-state index in [1.807, 2.05) is 10.9 Å². The highest BCUT2D eigenvalue weighted by Crippen LogP contribution is 2.24. The van der Waals surface area contributed by atoms with E-state index in [9.17, 15) is 4.79 Å². The number of hydrogen-bond acceptors (Lipinski definition) is 4. The van der Waals surface area contributed by atoms with Gasteiger partial charge in [0.15, 0.2) is 0 Å². The minimum absolute atomic E-state index is 0.278. The van der Waals surface area contributed by atoms with Crippen LogP contribution < -0.4 is 10.1 Å². The zero-order valence-electron chi connectivity index (χ0n) is 13.5. The van der Waals surface area contributed by atoms with Gasteiger partial charge >= 0.3 is 0 Å². The molecule has 128 valence electrons. The van der Waals surface area contributed by atoms with Crippen LogP contribution in [0.5, 0.6) is 5.75 Å². The predicted octanol–water partition coefficient (Wildman–Crippen LogP) is 3.22. The Morgan fingerprint density at radius 2 is 2.25 bits per heavy atom. The van der Waals surface area contributed by atoms with Gasteiger partial charge in [0.1, 0.15) is 5.75 Å². The highest BCUT2D eigenvalue weighted by molar-refractivity contribution is 6.31. The topological polar surface area (TPSA) is 65.4 Å². The number of benzene rings is 1. The summed E-state index contributed by atoms with van der Waals surface area (Å²) in [6, 6.07) is 4.94. The van der Waals surface area contributed by atoms with Gasteiger partial charge in [-0.05, 0) is 37.0 Å². The first-order chi connectivity index (χ1) is 11.7. The maximum atomic E-state index is 12.4. The van der Waals surface area contributed by atoms with Crippen molar-refractivity contribution in [3.8, 4) is 5.75 Å². The third-order valence-electron chi connectivity index (χ3n) is 4.08. The highest BCUT2D eigenvalue weighted by Gasteiger charge is 2.16. The molecule has 0 spiro atoms. The molecule has 24 heavy (non-hydrogen) atoms. The lowest BCUT2D eigenvalue weighted by atomic mass is 10.0. The first-order valence-electron chi connectivity index (χ1n) is 7.91. The Labute approximate surface area is 145 Å². The van der Waals surface area contributed by atoms with Gasteiger partial charge in [-0.15, -0.1) is 0 Å². The number of methoxy groups -OCH3 is 1. The lowest BCUT2D eigenvalue weighted by Crippen LogP contribution is -2.20. The zero-order chi connectivity index (χ0) is 16.9. The molecule has 0 atom stereocenters. The number of halogens is 1. The number of aromatic nitrogens is 2. The molecule has 2 heterocycles. The third kappa shape index (κ3) is 4.07. The fourth-order valence-corrected chi connectivity index (χ4v) is 2.95. The molecule has 2 aromatic rings. The standard InChI is InChI=1S/C17H20ClN3O3/c1-23-16-3-2-13(18)8-15(16)17(22)20-14-9-19-21(11-14)10-12-4-6-24-7-5-12/h2-3,8-9,11-12H,4-7,10H2,1H3,(H,20,22). The molecule has 0 unspecified atom stereocenters. The molecule has 1 aromatic heterocycles. The SMILES string of the molecule is COc1ccc(Cl)cc1C(=O)Nc1cnn(CC2CCOCC2)c1. The number of nitrogens with zero attached hydrogens (tertiary/aromatic N) is 2. The Kier molecular flexibility index (Phi) is 5.37. The summed E-state index contributed by atoms with van der Waals surface area (Å²) >= 11 is 5.97. The van der Waals surface area contributed by atoms with Crippen molar-refractivity contribution in [2.45, 2.75) is 19.4 Å². The van der Waals surface area contributed by atoms with Crippen LogP contribution in [0.15, 0.2) is 30.6 Å². The summed E-state index contributed by atoms with van der Waals surface area (Å²) < 4.78 is 12.4. The van der Waals surface area contributed by atoms with Gasteiger partial charge in [0.25, 0.3) is 5.91 Å². The second-order valence-electron chi connectivity index (χ2n) is 5.81. The smallest absolute Gasteiger partial charge is 0.259 e. The number of rotatable bonds is 5. The van der Waals surface area contributed by atoms with Crippen molar-refractivity contribution in [3.05, 3.63) is 41.2 Å². The highest BCUT2D eigenvalue weighted by atomic mass is 35.5. The number of hydrogen-bond donors (Lipinski definition) is 1. The molecule has 6 nitrogen and oxygen atoms in total. The van der Waals surface area contributed by atoms with E-state index in [1.54, 1.807) is 24.4 Å². The Balaban J connectivity index is 1.66. The van der Waals surface area contributed by atoms with E-state index >= 15 is 0 Å². The lowest BCUT2D eigenvalue weighted by Gasteiger charge is -2.21. The number of carbonyl (C=O) groups is 1. The van der Waals surface area contributed by atoms with Gasteiger partial charge in [0.05, 0.1) is 24.6 Å². The van der Waals surface area contributed by atoms with Crippen LogP contribution in [0.4, 0.5) is 5.69 Å². The second-order valence-corrected chi connectivity index (χ2v) is 6.24. The molecule has 1 aliphatic rings. The zero-order valence-corrected chi connectivity index (χ0v) is 14.3. The van der Waals surface area contributed by atoms with Gasteiger partial charge in [-0.2, -0.15) is 5.10 Å². The van der Waals surface area contributed by atoms with E-state index in [1.165, 1.54) is 7.11 Å². The second kappa shape index (κ2) is 7.68. The average Bonchev–Trinajstić information content (AvgIpc) is 3.02. The van der Waals surface area contributed by atoms with Gasteiger partial charge in [0.2, 0.25) is 0 Å². The molecule has 1 aromatic carbocycles. The Morgan fingerprint density at radius 1 is 1.46 bits per heavy atom. The van der Waals surface area contributed by atoms with Gasteiger partial charge in [0, 0.05) is 31.0 Å². The molecule has 0 saturated carbocycles. The summed E-state index contributed by atoms with van der Waals surface area (Å²) in [6.45, 7) is 2.45. The van der Waals surface area contributed by atoms with E-state index in [-0.39, 0.29) is 5.91 Å². The summed E-state index contributed by atoms with van der Waals surface area (Å²) in [4.78, 5) is 12.4. The number of ether oxygens (including phenoxy) is 2. The van der Waals surface area contributed by atoms with Crippen LogP contribution in [0.1, 0.15) is 23.2 Å². The molecule has 0 radical (unpaired) electrons. The molecule has 3 rings (SSSR count). The van der Waals surface area contributed by atoms with Crippen molar-refractivity contribution in [2.24, 2.45) is 5.92 Å². The number of anilines is 1. The summed E-state index contributed by atoms with van der Waals surface area (Å²) in [5, 5.41) is 7.64. The molecule has 0 bridgehead atoms. The lowest BCUT2D eigenvalue weighted by molar-refractivity contribution is 0.0601. The van der Waals surface area contributed by atoms with Crippen LogP contribution >= 0.6 is 11.6 Å². The van der Waals surface area contributed by atoms with E-state index in [0.29, 0.717) is 27.9 Å². The molecular weight excluding hydrogens is 330 g/mol. The molecule has 1 amide bonds. The van der Waals surface area contributed by atoms with Crippen LogP contribution in [0.25, 0.3) is 0 Å². The summed E-state index contributed by atoms with van der Waals surface area (Å²) in [7, 11) is 1.52. The first-order valence-corrected chi connectivity index (χ1v) is 8.28. The maximum absolute atomic E-state index is 12.4. The van der Waals surface area contributed by atoms with Gasteiger partial charge < -0.3 is 14.8 Å². The quantitative estimate of drug-likeness (QED) is 0.900. The van der Waals surface area contributed by atoms with E-state index in [4.69, 9.17) is 21.1 Å². The Bertz CT molecular complexity index is 711. The number of carbonyl (C=O) groups excluding carboxylic acids is 1. The molecule has 1 saturated heterocycles. The number of amides is 1. The molecule has 1 fully saturated rings.